The number of para-hydroxylation sites is 1. The minimum atomic E-state index is -4.86. The SMILES string of the molecule is COc1ccccc1-c1cnn2c1NC(=O)CC2C(=O)Nc1cccc(OC(F)(F)F)c1. The van der Waals surface area contributed by atoms with Gasteiger partial charge in [-0.2, -0.15) is 5.10 Å². The lowest BCUT2D eigenvalue weighted by molar-refractivity contribution is -0.274. The van der Waals surface area contributed by atoms with Gasteiger partial charge in [0.1, 0.15) is 23.4 Å². The second kappa shape index (κ2) is 8.25. The smallest absolute Gasteiger partial charge is 0.496 e. The monoisotopic (exact) mass is 446 g/mol. The van der Waals surface area contributed by atoms with Gasteiger partial charge in [0.2, 0.25) is 11.8 Å². The number of nitrogens with one attached hydrogen (secondary N) is 2. The number of ether oxygens (including phenoxy) is 2. The summed E-state index contributed by atoms with van der Waals surface area (Å²) in [5.41, 5.74) is 1.32. The Hall–Kier alpha value is -4.02. The Morgan fingerprint density at radius 1 is 1.19 bits per heavy atom. The fourth-order valence-corrected chi connectivity index (χ4v) is 3.43. The van der Waals surface area contributed by atoms with E-state index in [0.29, 0.717) is 22.7 Å². The van der Waals surface area contributed by atoms with Crippen molar-refractivity contribution >= 4 is 23.3 Å². The first-order chi connectivity index (χ1) is 15.2. The van der Waals surface area contributed by atoms with Crippen molar-refractivity contribution in [2.45, 2.75) is 18.8 Å². The first-order valence-electron chi connectivity index (χ1n) is 9.42. The molecule has 1 unspecified atom stereocenters. The highest BCUT2D eigenvalue weighted by molar-refractivity contribution is 6.03. The second-order valence-electron chi connectivity index (χ2n) is 6.88. The number of carbonyl (C=O) groups is 2. The summed E-state index contributed by atoms with van der Waals surface area (Å²) in [7, 11) is 1.51. The van der Waals surface area contributed by atoms with Crippen LogP contribution in [0.25, 0.3) is 11.1 Å². The summed E-state index contributed by atoms with van der Waals surface area (Å²) in [5, 5.41) is 9.51. The molecule has 0 radical (unpaired) electrons. The molecule has 8 nitrogen and oxygen atoms in total. The maximum atomic E-state index is 12.9. The van der Waals surface area contributed by atoms with Gasteiger partial charge in [0, 0.05) is 22.9 Å². The predicted octanol–water partition coefficient (Wildman–Crippen LogP) is 3.98. The highest BCUT2D eigenvalue weighted by Crippen LogP contribution is 2.38. The standard InChI is InChI=1S/C21H17F3N4O4/c1-31-17-8-3-2-7-14(17)15-11-25-28-16(10-18(29)27-19(15)28)20(30)26-12-5-4-6-13(9-12)32-21(22,23)24/h2-9,11,16H,10H2,1H3,(H,26,30)(H,27,29). The Morgan fingerprint density at radius 3 is 2.72 bits per heavy atom. The van der Waals surface area contributed by atoms with Crippen LogP contribution in [0.3, 0.4) is 0 Å². The summed E-state index contributed by atoms with van der Waals surface area (Å²) < 4.78 is 48.0. The fraction of sp³-hybridized carbons (Fsp3) is 0.190. The summed E-state index contributed by atoms with van der Waals surface area (Å²) in [6.07, 6.45) is -3.54. The highest BCUT2D eigenvalue weighted by Gasteiger charge is 2.34. The van der Waals surface area contributed by atoms with E-state index in [0.717, 1.165) is 12.1 Å². The fourth-order valence-electron chi connectivity index (χ4n) is 3.43. The average molecular weight is 446 g/mol. The number of hydrogen-bond donors (Lipinski definition) is 2. The maximum absolute atomic E-state index is 12.9. The van der Waals surface area contributed by atoms with Crippen LogP contribution in [-0.2, 0) is 9.59 Å². The van der Waals surface area contributed by atoms with E-state index in [9.17, 15) is 22.8 Å². The number of rotatable bonds is 5. The minimum absolute atomic E-state index is 0.0846. The molecule has 1 aliphatic heterocycles. The number of hydrogen-bond acceptors (Lipinski definition) is 5. The zero-order valence-electron chi connectivity index (χ0n) is 16.6. The van der Waals surface area contributed by atoms with Gasteiger partial charge in [-0.25, -0.2) is 4.68 Å². The van der Waals surface area contributed by atoms with Gasteiger partial charge in [0.05, 0.1) is 19.7 Å². The van der Waals surface area contributed by atoms with Crippen molar-refractivity contribution in [2.24, 2.45) is 0 Å². The van der Waals surface area contributed by atoms with E-state index < -0.39 is 30.0 Å². The van der Waals surface area contributed by atoms with Gasteiger partial charge in [-0.3, -0.25) is 9.59 Å². The number of alkyl halides is 3. The molecule has 0 saturated heterocycles. The Labute approximate surface area is 179 Å². The molecule has 166 valence electrons. The molecule has 0 aliphatic carbocycles. The first kappa shape index (κ1) is 21.2. The van der Waals surface area contributed by atoms with Crippen LogP contribution in [0.1, 0.15) is 12.5 Å². The van der Waals surface area contributed by atoms with E-state index in [1.807, 2.05) is 0 Å². The number of benzene rings is 2. The third kappa shape index (κ3) is 4.36. The van der Waals surface area contributed by atoms with Crippen LogP contribution in [0, 0.1) is 0 Å². The lowest BCUT2D eigenvalue weighted by Crippen LogP contribution is -2.35. The van der Waals surface area contributed by atoms with Gasteiger partial charge >= 0.3 is 6.36 Å². The third-order valence-corrected chi connectivity index (χ3v) is 4.76. The Bertz CT molecular complexity index is 1180. The molecular weight excluding hydrogens is 429 g/mol. The van der Waals surface area contributed by atoms with Crippen LogP contribution in [0.15, 0.2) is 54.7 Å². The quantitative estimate of drug-likeness (QED) is 0.618. The van der Waals surface area contributed by atoms with Gasteiger partial charge in [0.25, 0.3) is 0 Å². The minimum Gasteiger partial charge on any atom is -0.496 e. The van der Waals surface area contributed by atoms with E-state index in [2.05, 4.69) is 20.5 Å². The zero-order chi connectivity index (χ0) is 22.9. The van der Waals surface area contributed by atoms with Gasteiger partial charge < -0.3 is 20.1 Å². The van der Waals surface area contributed by atoms with Crippen LogP contribution in [0.5, 0.6) is 11.5 Å². The Balaban J connectivity index is 1.62. The number of methoxy groups -OCH3 is 1. The molecule has 11 heteroatoms. The van der Waals surface area contributed by atoms with Crippen molar-refractivity contribution in [1.82, 2.24) is 9.78 Å². The number of amides is 2. The highest BCUT2D eigenvalue weighted by atomic mass is 19.4. The molecule has 0 saturated carbocycles. The lowest BCUT2D eigenvalue weighted by Gasteiger charge is -2.25. The van der Waals surface area contributed by atoms with Crippen molar-refractivity contribution in [2.75, 3.05) is 17.7 Å². The van der Waals surface area contributed by atoms with Crippen LogP contribution >= 0.6 is 0 Å². The third-order valence-electron chi connectivity index (χ3n) is 4.76. The molecule has 0 spiro atoms. The Morgan fingerprint density at radius 2 is 1.97 bits per heavy atom. The Kier molecular flexibility index (Phi) is 5.47. The molecule has 32 heavy (non-hydrogen) atoms. The molecular formula is C21H17F3N4O4. The lowest BCUT2D eigenvalue weighted by atomic mass is 10.1. The summed E-state index contributed by atoms with van der Waals surface area (Å²) in [4.78, 5) is 25.2. The summed E-state index contributed by atoms with van der Waals surface area (Å²) in [5.74, 6) is -0.607. The van der Waals surface area contributed by atoms with Crippen LogP contribution in [0.4, 0.5) is 24.7 Å². The van der Waals surface area contributed by atoms with Crippen molar-refractivity contribution in [3.8, 4) is 22.6 Å². The molecule has 1 atom stereocenters. The molecule has 2 aromatic carbocycles. The van der Waals surface area contributed by atoms with E-state index in [1.54, 1.807) is 24.3 Å². The molecule has 0 fully saturated rings. The molecule has 1 aromatic heterocycles. The number of nitrogens with zero attached hydrogens (tertiary/aromatic N) is 2. The summed E-state index contributed by atoms with van der Waals surface area (Å²) in [6.45, 7) is 0. The topological polar surface area (TPSA) is 94.5 Å². The van der Waals surface area contributed by atoms with Crippen molar-refractivity contribution in [3.05, 3.63) is 54.7 Å². The average Bonchev–Trinajstić information content (AvgIpc) is 3.15. The molecule has 2 N–H and O–H groups in total. The zero-order valence-corrected chi connectivity index (χ0v) is 16.6. The first-order valence-corrected chi connectivity index (χ1v) is 9.42. The molecule has 2 amide bonds. The van der Waals surface area contributed by atoms with E-state index in [-0.39, 0.29) is 12.1 Å². The summed E-state index contributed by atoms with van der Waals surface area (Å²) in [6, 6.07) is 11.0. The molecule has 2 heterocycles. The normalized spacial score (nSPS) is 15.5. The van der Waals surface area contributed by atoms with Crippen LogP contribution in [-0.4, -0.2) is 35.1 Å². The maximum Gasteiger partial charge on any atom is 0.573 e. The van der Waals surface area contributed by atoms with Crippen LogP contribution in [0.2, 0.25) is 0 Å². The largest absolute Gasteiger partial charge is 0.573 e. The molecule has 1 aliphatic rings. The van der Waals surface area contributed by atoms with Gasteiger partial charge in [-0.15, -0.1) is 13.2 Å². The molecule has 4 rings (SSSR count). The number of halogens is 3. The predicted molar refractivity (Wildman–Crippen MR) is 108 cm³/mol. The van der Waals surface area contributed by atoms with Crippen molar-refractivity contribution in [3.63, 3.8) is 0 Å². The summed E-state index contributed by atoms with van der Waals surface area (Å²) >= 11 is 0. The van der Waals surface area contributed by atoms with Crippen LogP contribution < -0.4 is 20.1 Å². The van der Waals surface area contributed by atoms with Crippen molar-refractivity contribution in [1.29, 1.82) is 0 Å². The number of carbonyl (C=O) groups excluding carboxylic acids is 2. The van der Waals surface area contributed by atoms with E-state index >= 15 is 0 Å². The molecule has 3 aromatic rings. The number of aromatic nitrogens is 2. The van der Waals surface area contributed by atoms with Gasteiger partial charge in [-0.05, 0) is 18.2 Å². The second-order valence-corrected chi connectivity index (χ2v) is 6.88. The number of anilines is 2. The van der Waals surface area contributed by atoms with Gasteiger partial charge in [0.15, 0.2) is 0 Å². The van der Waals surface area contributed by atoms with E-state index in [4.69, 9.17) is 4.74 Å². The van der Waals surface area contributed by atoms with Crippen molar-refractivity contribution < 1.29 is 32.2 Å². The number of fused-ring (bicyclic) bond motifs is 1. The van der Waals surface area contributed by atoms with Gasteiger partial charge in [-0.1, -0.05) is 24.3 Å². The van der Waals surface area contributed by atoms with E-state index in [1.165, 1.54) is 30.1 Å². The molecule has 0 bridgehead atoms.